The van der Waals surface area contributed by atoms with Crippen LogP contribution in [0.4, 0.5) is 10.1 Å². The summed E-state index contributed by atoms with van der Waals surface area (Å²) in [6.07, 6.45) is 0. The summed E-state index contributed by atoms with van der Waals surface area (Å²) in [6, 6.07) is 14.6. The lowest BCUT2D eigenvalue weighted by atomic mass is 10.2. The monoisotopic (exact) mass is 297 g/mol. The lowest BCUT2D eigenvalue weighted by Gasteiger charge is -2.14. The van der Waals surface area contributed by atoms with Crippen molar-refractivity contribution in [3.63, 3.8) is 0 Å². The van der Waals surface area contributed by atoms with Crippen LogP contribution < -0.4 is 10.6 Å². The molecule has 22 heavy (non-hydrogen) atoms. The van der Waals surface area contributed by atoms with E-state index in [-0.39, 0.29) is 18.3 Å². The molecule has 0 saturated heterocycles. The van der Waals surface area contributed by atoms with Crippen LogP contribution in [0.15, 0.2) is 48.5 Å². The zero-order chi connectivity index (χ0) is 15.9. The molecule has 112 valence electrons. The van der Waals surface area contributed by atoms with Crippen LogP contribution in [0.25, 0.3) is 0 Å². The number of rotatable bonds is 5. The molecule has 0 saturated carbocycles. The van der Waals surface area contributed by atoms with Crippen molar-refractivity contribution in [2.24, 2.45) is 0 Å². The van der Waals surface area contributed by atoms with E-state index in [0.717, 1.165) is 0 Å². The van der Waals surface area contributed by atoms with E-state index in [0.29, 0.717) is 16.8 Å². The van der Waals surface area contributed by atoms with E-state index < -0.39 is 6.04 Å². The van der Waals surface area contributed by atoms with Gasteiger partial charge in [0.25, 0.3) is 0 Å². The van der Waals surface area contributed by atoms with E-state index in [2.05, 4.69) is 10.6 Å². The topological polar surface area (TPSA) is 64.9 Å². The average Bonchev–Trinajstić information content (AvgIpc) is 2.54. The van der Waals surface area contributed by atoms with Gasteiger partial charge in [-0.05, 0) is 31.2 Å². The molecule has 0 aliphatic heterocycles. The van der Waals surface area contributed by atoms with E-state index in [1.54, 1.807) is 49.4 Å². The fourth-order valence-corrected chi connectivity index (χ4v) is 1.91. The minimum atomic E-state index is -0.495. The number of anilines is 1. The molecule has 0 aliphatic carbocycles. The van der Waals surface area contributed by atoms with Gasteiger partial charge < -0.3 is 10.6 Å². The molecule has 0 heterocycles. The molecule has 0 aliphatic rings. The van der Waals surface area contributed by atoms with Crippen LogP contribution in [-0.2, 0) is 11.3 Å². The van der Waals surface area contributed by atoms with Crippen molar-refractivity contribution < 1.29 is 9.18 Å². The van der Waals surface area contributed by atoms with Gasteiger partial charge in [0.1, 0.15) is 5.82 Å². The van der Waals surface area contributed by atoms with Crippen molar-refractivity contribution in [1.29, 1.82) is 5.26 Å². The maximum Gasteiger partial charge on any atom is 0.241 e. The first-order valence-electron chi connectivity index (χ1n) is 6.88. The van der Waals surface area contributed by atoms with E-state index in [1.807, 2.05) is 6.07 Å². The molecule has 5 heteroatoms. The number of nitrogens with one attached hydrogen (secondary N) is 2. The molecule has 0 bridgehead atoms. The average molecular weight is 297 g/mol. The van der Waals surface area contributed by atoms with Crippen LogP contribution in [0.2, 0.25) is 0 Å². The Labute approximate surface area is 128 Å². The van der Waals surface area contributed by atoms with Crippen LogP contribution in [0.5, 0.6) is 0 Å². The number of nitriles is 1. The van der Waals surface area contributed by atoms with Gasteiger partial charge in [-0.2, -0.15) is 5.26 Å². The third-order valence-corrected chi connectivity index (χ3v) is 3.21. The third-order valence-electron chi connectivity index (χ3n) is 3.21. The Balaban J connectivity index is 1.92. The smallest absolute Gasteiger partial charge is 0.241 e. The summed E-state index contributed by atoms with van der Waals surface area (Å²) < 4.78 is 13.5. The number of hydrogen-bond donors (Lipinski definition) is 2. The molecule has 1 amide bonds. The highest BCUT2D eigenvalue weighted by Gasteiger charge is 2.13. The number of nitrogens with zero attached hydrogens (tertiary/aromatic N) is 1. The lowest BCUT2D eigenvalue weighted by Crippen LogP contribution is -2.37. The number of amides is 1. The largest absolute Gasteiger partial charge is 0.325 e. The number of hydrogen-bond acceptors (Lipinski definition) is 3. The Kier molecular flexibility index (Phi) is 5.23. The van der Waals surface area contributed by atoms with Gasteiger partial charge in [0.05, 0.1) is 17.7 Å². The fourth-order valence-electron chi connectivity index (χ4n) is 1.91. The number of carbonyl (C=O) groups is 1. The van der Waals surface area contributed by atoms with Gasteiger partial charge in [-0.3, -0.25) is 4.79 Å². The summed E-state index contributed by atoms with van der Waals surface area (Å²) in [5.74, 6) is -0.546. The van der Waals surface area contributed by atoms with Crippen molar-refractivity contribution in [3.05, 3.63) is 65.5 Å². The van der Waals surface area contributed by atoms with Crippen molar-refractivity contribution in [1.82, 2.24) is 5.32 Å². The zero-order valence-electron chi connectivity index (χ0n) is 12.1. The van der Waals surface area contributed by atoms with Crippen molar-refractivity contribution in [3.8, 4) is 6.07 Å². The van der Waals surface area contributed by atoms with E-state index >= 15 is 0 Å². The SMILES string of the molecule is CC(NCc1ccccc1F)C(=O)Nc1cccc(C#N)c1. The number of benzene rings is 2. The highest BCUT2D eigenvalue weighted by atomic mass is 19.1. The fraction of sp³-hybridized carbons (Fsp3) is 0.176. The molecule has 2 aromatic rings. The highest BCUT2D eigenvalue weighted by Crippen LogP contribution is 2.10. The Morgan fingerprint density at radius 3 is 2.77 bits per heavy atom. The van der Waals surface area contributed by atoms with E-state index in [4.69, 9.17) is 5.26 Å². The second-order valence-corrected chi connectivity index (χ2v) is 4.88. The predicted molar refractivity (Wildman–Crippen MR) is 82.5 cm³/mol. The van der Waals surface area contributed by atoms with Crippen LogP contribution in [0, 0.1) is 17.1 Å². The summed E-state index contributed by atoms with van der Waals surface area (Å²) >= 11 is 0. The molecule has 1 unspecified atom stereocenters. The molecule has 1 atom stereocenters. The van der Waals surface area contributed by atoms with Gasteiger partial charge in [-0.15, -0.1) is 0 Å². The predicted octanol–water partition coefficient (Wildman–Crippen LogP) is 2.81. The standard InChI is InChI=1S/C17H16FN3O/c1-12(20-11-14-6-2-3-8-16(14)18)17(22)21-15-7-4-5-13(9-15)10-19/h2-9,12,20H,11H2,1H3,(H,21,22). The molecule has 0 aromatic heterocycles. The Morgan fingerprint density at radius 2 is 2.05 bits per heavy atom. The summed E-state index contributed by atoms with van der Waals surface area (Å²) in [5, 5.41) is 14.5. The third kappa shape index (κ3) is 4.14. The van der Waals surface area contributed by atoms with E-state index in [1.165, 1.54) is 6.07 Å². The van der Waals surface area contributed by atoms with Gasteiger partial charge in [0.15, 0.2) is 0 Å². The van der Waals surface area contributed by atoms with Crippen LogP contribution >= 0.6 is 0 Å². The van der Waals surface area contributed by atoms with Crippen LogP contribution in [0.1, 0.15) is 18.1 Å². The molecule has 2 N–H and O–H groups in total. The first-order valence-corrected chi connectivity index (χ1v) is 6.88. The quantitative estimate of drug-likeness (QED) is 0.892. The van der Waals surface area contributed by atoms with Crippen molar-refractivity contribution in [2.75, 3.05) is 5.32 Å². The van der Waals surface area contributed by atoms with Crippen LogP contribution in [-0.4, -0.2) is 11.9 Å². The van der Waals surface area contributed by atoms with Gasteiger partial charge >= 0.3 is 0 Å². The summed E-state index contributed by atoms with van der Waals surface area (Å²) in [6.45, 7) is 1.96. The molecule has 0 spiro atoms. The van der Waals surface area contributed by atoms with Gasteiger partial charge in [-0.1, -0.05) is 24.3 Å². The number of carbonyl (C=O) groups excluding carboxylic acids is 1. The summed E-state index contributed by atoms with van der Waals surface area (Å²) in [5.41, 5.74) is 1.54. The summed E-state index contributed by atoms with van der Waals surface area (Å²) in [4.78, 5) is 12.1. The second kappa shape index (κ2) is 7.34. The first kappa shape index (κ1) is 15.7. The normalized spacial score (nSPS) is 11.5. The van der Waals surface area contributed by atoms with Crippen LogP contribution in [0.3, 0.4) is 0 Å². The summed E-state index contributed by atoms with van der Waals surface area (Å²) in [7, 11) is 0. The Morgan fingerprint density at radius 1 is 1.27 bits per heavy atom. The molecule has 0 fully saturated rings. The minimum absolute atomic E-state index is 0.244. The van der Waals surface area contributed by atoms with Crippen molar-refractivity contribution in [2.45, 2.75) is 19.5 Å². The molecule has 4 nitrogen and oxygen atoms in total. The zero-order valence-corrected chi connectivity index (χ0v) is 12.1. The lowest BCUT2D eigenvalue weighted by molar-refractivity contribution is -0.117. The minimum Gasteiger partial charge on any atom is -0.325 e. The van der Waals surface area contributed by atoms with E-state index in [9.17, 15) is 9.18 Å². The van der Waals surface area contributed by atoms with Gasteiger partial charge in [0, 0.05) is 17.8 Å². The highest BCUT2D eigenvalue weighted by molar-refractivity contribution is 5.94. The number of halogens is 1. The molecule has 2 rings (SSSR count). The molecular weight excluding hydrogens is 281 g/mol. The molecule has 0 radical (unpaired) electrons. The maximum absolute atomic E-state index is 13.5. The second-order valence-electron chi connectivity index (χ2n) is 4.88. The Bertz CT molecular complexity index is 709. The van der Waals surface area contributed by atoms with Gasteiger partial charge in [-0.25, -0.2) is 4.39 Å². The maximum atomic E-state index is 13.5. The molecular formula is C17H16FN3O. The Hall–Kier alpha value is -2.71. The molecule has 2 aromatic carbocycles. The van der Waals surface area contributed by atoms with Gasteiger partial charge in [0.2, 0.25) is 5.91 Å². The first-order chi connectivity index (χ1) is 10.6. The van der Waals surface area contributed by atoms with Crippen molar-refractivity contribution >= 4 is 11.6 Å².